The summed E-state index contributed by atoms with van der Waals surface area (Å²) in [7, 11) is 0. The first-order valence-electron chi connectivity index (χ1n) is 16.1. The summed E-state index contributed by atoms with van der Waals surface area (Å²) >= 11 is 0. The third-order valence-electron chi connectivity index (χ3n) is 7.27. The molecule has 0 spiro atoms. The van der Waals surface area contributed by atoms with Crippen molar-refractivity contribution in [2.45, 2.75) is 103 Å². The first kappa shape index (κ1) is 36.9. The van der Waals surface area contributed by atoms with E-state index in [1.165, 1.54) is 56.1 Å². The van der Waals surface area contributed by atoms with Crippen molar-refractivity contribution in [3.05, 3.63) is 90.0 Å². The number of carboxylic acids is 1. The van der Waals surface area contributed by atoms with Crippen molar-refractivity contribution >= 4 is 5.97 Å². The van der Waals surface area contributed by atoms with Gasteiger partial charge in [-0.15, -0.1) is 0 Å². The Morgan fingerprint density at radius 1 is 0.659 bits per heavy atom. The van der Waals surface area contributed by atoms with Crippen LogP contribution >= 0.6 is 0 Å². The lowest BCUT2D eigenvalue weighted by molar-refractivity contribution is -0.224. The standard InChI is InChI=1S/C22H30O.C15H19F3O3/c1-2-3-4-5-6-7-8-12-19-23-22-17-15-21(16-18-22)20-13-10-9-11-14-20;1-2-3-4-5-10-21-13(15(16,17)18)11-6-8-12(9-7-11)14(19)20/h9-11,13-18H,2-8,12,19H2,1H3;6-9,13H,2-5,10H2,1H3,(H,19,20). The summed E-state index contributed by atoms with van der Waals surface area (Å²) in [4.78, 5) is 10.7. The Balaban J connectivity index is 0.000000308. The molecule has 0 saturated carbocycles. The maximum atomic E-state index is 13.0. The SMILES string of the molecule is CCCCCCCCCCOc1ccc(-c2ccccc2)cc1.CCCCCCOC(c1ccc(C(=O)O)cc1)C(F)(F)F. The Kier molecular flexibility index (Phi) is 17.9. The molecular weight excluding hydrogens is 565 g/mol. The molecule has 1 unspecified atom stereocenters. The van der Waals surface area contributed by atoms with Gasteiger partial charge >= 0.3 is 12.1 Å². The molecule has 4 nitrogen and oxygen atoms in total. The van der Waals surface area contributed by atoms with Crippen LogP contribution in [0.25, 0.3) is 11.1 Å². The molecule has 0 bridgehead atoms. The average molecular weight is 615 g/mol. The molecule has 3 aromatic carbocycles. The maximum absolute atomic E-state index is 13.0. The van der Waals surface area contributed by atoms with E-state index in [-0.39, 0.29) is 17.7 Å². The first-order chi connectivity index (χ1) is 21.3. The van der Waals surface area contributed by atoms with E-state index in [1.54, 1.807) is 0 Å². The number of halogens is 3. The lowest BCUT2D eigenvalue weighted by Gasteiger charge is -2.21. The second kappa shape index (κ2) is 21.4. The fraction of sp³-hybridized carbons (Fsp3) is 0.486. The minimum absolute atomic E-state index is 0.0326. The Labute approximate surface area is 261 Å². The van der Waals surface area contributed by atoms with Crippen molar-refractivity contribution in [2.75, 3.05) is 13.2 Å². The Hall–Kier alpha value is -3.32. The number of aromatic carboxylic acids is 1. The van der Waals surface area contributed by atoms with E-state index < -0.39 is 18.2 Å². The van der Waals surface area contributed by atoms with Gasteiger partial charge in [0, 0.05) is 6.61 Å². The quantitative estimate of drug-likeness (QED) is 0.137. The zero-order chi connectivity index (χ0) is 32.0. The van der Waals surface area contributed by atoms with Crippen LogP contribution in [0.5, 0.6) is 5.75 Å². The predicted molar refractivity (Wildman–Crippen MR) is 172 cm³/mol. The minimum Gasteiger partial charge on any atom is -0.494 e. The van der Waals surface area contributed by atoms with Crippen LogP contribution in [0.3, 0.4) is 0 Å². The first-order valence-corrected chi connectivity index (χ1v) is 16.1. The molecule has 44 heavy (non-hydrogen) atoms. The van der Waals surface area contributed by atoms with Crippen molar-refractivity contribution in [2.24, 2.45) is 0 Å². The van der Waals surface area contributed by atoms with Crippen LogP contribution in [0.2, 0.25) is 0 Å². The van der Waals surface area contributed by atoms with Crippen molar-refractivity contribution in [1.82, 2.24) is 0 Å². The van der Waals surface area contributed by atoms with E-state index >= 15 is 0 Å². The molecule has 0 radical (unpaired) electrons. The molecular formula is C37H49F3O4. The molecule has 1 N–H and O–H groups in total. The van der Waals surface area contributed by atoms with Crippen LogP contribution in [-0.2, 0) is 4.74 Å². The molecule has 3 rings (SSSR count). The van der Waals surface area contributed by atoms with Crippen molar-refractivity contribution in [1.29, 1.82) is 0 Å². The second-order valence-electron chi connectivity index (χ2n) is 11.0. The topological polar surface area (TPSA) is 55.8 Å². The number of hydrogen-bond acceptors (Lipinski definition) is 3. The van der Waals surface area contributed by atoms with Crippen LogP contribution in [-0.4, -0.2) is 30.5 Å². The van der Waals surface area contributed by atoms with Crippen LogP contribution in [0.4, 0.5) is 13.2 Å². The highest BCUT2D eigenvalue weighted by Crippen LogP contribution is 2.36. The molecule has 1 atom stereocenters. The maximum Gasteiger partial charge on any atom is 0.418 e. The van der Waals surface area contributed by atoms with Gasteiger partial charge < -0.3 is 14.6 Å². The van der Waals surface area contributed by atoms with E-state index in [1.807, 2.05) is 13.0 Å². The molecule has 0 aliphatic heterocycles. The minimum atomic E-state index is -4.52. The molecule has 0 aliphatic carbocycles. The molecule has 0 fully saturated rings. The number of unbranched alkanes of at least 4 members (excludes halogenated alkanes) is 10. The molecule has 7 heteroatoms. The van der Waals surface area contributed by atoms with Gasteiger partial charge in [0.25, 0.3) is 0 Å². The summed E-state index contributed by atoms with van der Waals surface area (Å²) < 4.78 is 49.8. The van der Waals surface area contributed by atoms with Gasteiger partial charge in [-0.25, -0.2) is 4.79 Å². The normalized spacial score (nSPS) is 11.8. The fourth-order valence-electron chi connectivity index (χ4n) is 4.71. The van der Waals surface area contributed by atoms with E-state index in [0.717, 1.165) is 62.3 Å². The van der Waals surface area contributed by atoms with E-state index in [2.05, 4.69) is 55.5 Å². The van der Waals surface area contributed by atoms with Crippen molar-refractivity contribution < 1.29 is 32.5 Å². The predicted octanol–water partition coefficient (Wildman–Crippen LogP) is 11.5. The number of hydrogen-bond donors (Lipinski definition) is 1. The number of ether oxygens (including phenoxy) is 2. The van der Waals surface area contributed by atoms with Crippen LogP contribution in [0, 0.1) is 0 Å². The number of benzene rings is 3. The fourth-order valence-corrected chi connectivity index (χ4v) is 4.71. The smallest absolute Gasteiger partial charge is 0.418 e. The van der Waals surface area contributed by atoms with Gasteiger partial charge in [0.05, 0.1) is 12.2 Å². The van der Waals surface area contributed by atoms with Crippen LogP contribution < -0.4 is 4.74 Å². The zero-order valence-electron chi connectivity index (χ0n) is 26.3. The monoisotopic (exact) mass is 614 g/mol. The Morgan fingerprint density at radius 3 is 1.70 bits per heavy atom. The zero-order valence-corrected chi connectivity index (χ0v) is 26.3. The number of alkyl halides is 3. The van der Waals surface area contributed by atoms with Crippen LogP contribution in [0.15, 0.2) is 78.9 Å². The lowest BCUT2D eigenvalue weighted by Crippen LogP contribution is -2.24. The lowest BCUT2D eigenvalue weighted by atomic mass is 10.1. The van der Waals surface area contributed by atoms with E-state index in [0.29, 0.717) is 6.42 Å². The van der Waals surface area contributed by atoms with Crippen LogP contribution in [0.1, 0.15) is 113 Å². The summed E-state index contributed by atoms with van der Waals surface area (Å²) in [6.07, 6.45) is 7.54. The molecule has 0 amide bonds. The van der Waals surface area contributed by atoms with Gasteiger partial charge in [0.15, 0.2) is 6.10 Å². The highest BCUT2D eigenvalue weighted by Gasteiger charge is 2.41. The molecule has 0 heterocycles. The van der Waals surface area contributed by atoms with E-state index in [9.17, 15) is 18.0 Å². The van der Waals surface area contributed by atoms with Gasteiger partial charge in [-0.1, -0.05) is 133 Å². The molecule has 0 saturated heterocycles. The highest BCUT2D eigenvalue weighted by molar-refractivity contribution is 5.87. The molecule has 0 aromatic heterocycles. The third-order valence-corrected chi connectivity index (χ3v) is 7.27. The summed E-state index contributed by atoms with van der Waals surface area (Å²) in [6.45, 7) is 5.15. The van der Waals surface area contributed by atoms with Gasteiger partial charge in [-0.2, -0.15) is 13.2 Å². The third kappa shape index (κ3) is 14.9. The summed E-state index contributed by atoms with van der Waals surface area (Å²) in [6, 6.07) is 23.5. The number of carbonyl (C=O) groups is 1. The molecule has 242 valence electrons. The van der Waals surface area contributed by atoms with Crippen molar-refractivity contribution in [3.8, 4) is 16.9 Å². The van der Waals surface area contributed by atoms with Gasteiger partial charge in [-0.05, 0) is 53.8 Å². The summed E-state index contributed by atoms with van der Waals surface area (Å²) in [5, 5.41) is 8.74. The Bertz CT molecular complexity index is 1150. The number of carboxylic acid groups (broad SMARTS) is 1. The van der Waals surface area contributed by atoms with Gasteiger partial charge in [0.2, 0.25) is 0 Å². The highest BCUT2D eigenvalue weighted by atomic mass is 19.4. The average Bonchev–Trinajstić information content (AvgIpc) is 3.02. The summed E-state index contributed by atoms with van der Waals surface area (Å²) in [5.41, 5.74) is 2.36. The van der Waals surface area contributed by atoms with Crippen molar-refractivity contribution in [3.63, 3.8) is 0 Å². The Morgan fingerprint density at radius 2 is 1.16 bits per heavy atom. The number of rotatable bonds is 19. The van der Waals surface area contributed by atoms with Gasteiger partial charge in [-0.3, -0.25) is 0 Å². The van der Waals surface area contributed by atoms with Gasteiger partial charge in [0.1, 0.15) is 5.75 Å². The molecule has 3 aromatic rings. The van der Waals surface area contributed by atoms with E-state index in [4.69, 9.17) is 14.6 Å². The molecule has 0 aliphatic rings. The second-order valence-corrected chi connectivity index (χ2v) is 11.0. The largest absolute Gasteiger partial charge is 0.494 e. The summed E-state index contributed by atoms with van der Waals surface area (Å²) in [5.74, 6) is -0.196.